The van der Waals surface area contributed by atoms with Crippen LogP contribution in [0.15, 0.2) is 59.4 Å². The molecule has 0 unspecified atom stereocenters. The highest BCUT2D eigenvalue weighted by molar-refractivity contribution is 6.33. The summed E-state index contributed by atoms with van der Waals surface area (Å²) in [5, 5.41) is 5.82. The fraction of sp³-hybridized carbons (Fsp3) is 0. The Morgan fingerprint density at radius 3 is 2.67 bits per heavy atom. The molecule has 2 heterocycles. The molecule has 0 aliphatic carbocycles. The molecule has 0 spiro atoms. The monoisotopic (exact) mass is 295 g/mol. The Labute approximate surface area is 124 Å². The SMILES string of the molecule is O=c1[nH]c2cc(-c3ccccc3Cl)nn2c2ccccc12. The van der Waals surface area contributed by atoms with Crippen molar-refractivity contribution in [1.29, 1.82) is 0 Å². The molecule has 1 N–H and O–H groups in total. The van der Waals surface area contributed by atoms with Crippen molar-refractivity contribution in [2.75, 3.05) is 0 Å². The van der Waals surface area contributed by atoms with Gasteiger partial charge in [-0.3, -0.25) is 4.79 Å². The smallest absolute Gasteiger partial charge is 0.259 e. The fourth-order valence-corrected chi connectivity index (χ4v) is 2.72. The zero-order chi connectivity index (χ0) is 14.4. The molecule has 2 aromatic heterocycles. The Bertz CT molecular complexity index is 1030. The van der Waals surface area contributed by atoms with Crippen LogP contribution in [0.3, 0.4) is 0 Å². The summed E-state index contributed by atoms with van der Waals surface area (Å²) in [6.45, 7) is 0. The molecule has 0 saturated carbocycles. The highest BCUT2D eigenvalue weighted by atomic mass is 35.5. The maximum atomic E-state index is 12.1. The zero-order valence-electron chi connectivity index (χ0n) is 10.9. The second-order valence-corrected chi connectivity index (χ2v) is 5.18. The van der Waals surface area contributed by atoms with Crippen LogP contribution < -0.4 is 5.56 Å². The average Bonchev–Trinajstić information content (AvgIpc) is 2.92. The first-order chi connectivity index (χ1) is 10.2. The topological polar surface area (TPSA) is 50.2 Å². The van der Waals surface area contributed by atoms with Gasteiger partial charge >= 0.3 is 0 Å². The van der Waals surface area contributed by atoms with Crippen molar-refractivity contribution in [3.63, 3.8) is 0 Å². The van der Waals surface area contributed by atoms with Crippen LogP contribution in [0.25, 0.3) is 27.8 Å². The molecule has 0 aliphatic rings. The molecule has 0 bridgehead atoms. The summed E-state index contributed by atoms with van der Waals surface area (Å²) in [6.07, 6.45) is 0. The van der Waals surface area contributed by atoms with Gasteiger partial charge in [0.25, 0.3) is 5.56 Å². The molecule has 2 aromatic carbocycles. The van der Waals surface area contributed by atoms with E-state index in [0.717, 1.165) is 16.8 Å². The van der Waals surface area contributed by atoms with E-state index in [2.05, 4.69) is 10.1 Å². The maximum absolute atomic E-state index is 12.1. The number of rotatable bonds is 1. The Morgan fingerprint density at radius 2 is 1.81 bits per heavy atom. The van der Waals surface area contributed by atoms with Crippen LogP contribution in [0.4, 0.5) is 0 Å². The number of hydrogen-bond donors (Lipinski definition) is 1. The van der Waals surface area contributed by atoms with Crippen LogP contribution in [-0.4, -0.2) is 14.6 Å². The maximum Gasteiger partial charge on any atom is 0.259 e. The van der Waals surface area contributed by atoms with Gasteiger partial charge in [0.15, 0.2) is 0 Å². The van der Waals surface area contributed by atoms with E-state index < -0.39 is 0 Å². The van der Waals surface area contributed by atoms with E-state index in [1.807, 2.05) is 48.5 Å². The van der Waals surface area contributed by atoms with Crippen LogP contribution in [-0.2, 0) is 0 Å². The normalized spacial score (nSPS) is 11.3. The molecule has 0 aliphatic heterocycles. The Hall–Kier alpha value is -2.59. The number of para-hydroxylation sites is 1. The Balaban J connectivity index is 2.10. The predicted octanol–water partition coefficient (Wildman–Crippen LogP) is 3.50. The predicted molar refractivity (Wildman–Crippen MR) is 83.8 cm³/mol. The average molecular weight is 296 g/mol. The van der Waals surface area contributed by atoms with E-state index in [1.165, 1.54) is 0 Å². The largest absolute Gasteiger partial charge is 0.306 e. The lowest BCUT2D eigenvalue weighted by atomic mass is 10.1. The molecule has 4 aromatic rings. The lowest BCUT2D eigenvalue weighted by molar-refractivity contribution is 0.981. The quantitative estimate of drug-likeness (QED) is 0.584. The van der Waals surface area contributed by atoms with Gasteiger partial charge in [0.2, 0.25) is 0 Å². The summed E-state index contributed by atoms with van der Waals surface area (Å²) >= 11 is 6.21. The van der Waals surface area contributed by atoms with Crippen molar-refractivity contribution in [2.24, 2.45) is 0 Å². The molecule has 0 saturated heterocycles. The van der Waals surface area contributed by atoms with E-state index in [4.69, 9.17) is 11.6 Å². The summed E-state index contributed by atoms with van der Waals surface area (Å²) in [4.78, 5) is 14.9. The van der Waals surface area contributed by atoms with Crippen molar-refractivity contribution in [2.45, 2.75) is 0 Å². The molecule has 5 heteroatoms. The number of nitrogens with zero attached hydrogens (tertiary/aromatic N) is 2. The van der Waals surface area contributed by atoms with E-state index in [9.17, 15) is 4.79 Å². The van der Waals surface area contributed by atoms with Crippen molar-refractivity contribution in [3.05, 3.63) is 70.0 Å². The first kappa shape index (κ1) is 12.2. The fourth-order valence-electron chi connectivity index (χ4n) is 2.49. The lowest BCUT2D eigenvalue weighted by Gasteiger charge is -2.00. The van der Waals surface area contributed by atoms with Crippen molar-refractivity contribution in [1.82, 2.24) is 14.6 Å². The number of halogens is 1. The summed E-state index contributed by atoms with van der Waals surface area (Å²) in [5.41, 5.74) is 2.87. The van der Waals surface area contributed by atoms with Crippen LogP contribution >= 0.6 is 11.6 Å². The summed E-state index contributed by atoms with van der Waals surface area (Å²) in [6, 6.07) is 16.7. The van der Waals surface area contributed by atoms with Gasteiger partial charge < -0.3 is 4.98 Å². The molecule has 0 fully saturated rings. The molecular formula is C16H10ClN3O. The van der Waals surface area contributed by atoms with Gasteiger partial charge in [0.1, 0.15) is 5.65 Å². The number of hydrogen-bond acceptors (Lipinski definition) is 2. The van der Waals surface area contributed by atoms with Crippen molar-refractivity contribution < 1.29 is 0 Å². The standard InChI is InChI=1S/C16H10ClN3O/c17-12-7-3-1-5-10(12)13-9-15-18-16(21)11-6-2-4-8-14(11)20(15)19-13/h1-9H,(H,18,21). The van der Waals surface area contributed by atoms with Gasteiger partial charge in [0, 0.05) is 11.6 Å². The second kappa shape index (κ2) is 4.46. The van der Waals surface area contributed by atoms with Crippen LogP contribution in [0.5, 0.6) is 0 Å². The molecular weight excluding hydrogens is 286 g/mol. The molecule has 4 rings (SSSR count). The van der Waals surface area contributed by atoms with Crippen molar-refractivity contribution >= 4 is 28.2 Å². The van der Waals surface area contributed by atoms with E-state index >= 15 is 0 Å². The second-order valence-electron chi connectivity index (χ2n) is 4.78. The van der Waals surface area contributed by atoms with Gasteiger partial charge in [-0.1, -0.05) is 41.9 Å². The van der Waals surface area contributed by atoms with E-state index in [1.54, 1.807) is 10.6 Å². The number of nitrogens with one attached hydrogen (secondary N) is 1. The summed E-state index contributed by atoms with van der Waals surface area (Å²) < 4.78 is 1.73. The zero-order valence-corrected chi connectivity index (χ0v) is 11.6. The van der Waals surface area contributed by atoms with Gasteiger partial charge in [-0.2, -0.15) is 5.10 Å². The third-order valence-corrected chi connectivity index (χ3v) is 3.81. The number of aromatic amines is 1. The summed E-state index contributed by atoms with van der Waals surface area (Å²) in [5.74, 6) is 0. The van der Waals surface area contributed by atoms with Crippen LogP contribution in [0.1, 0.15) is 0 Å². The van der Waals surface area contributed by atoms with Gasteiger partial charge in [-0.25, -0.2) is 4.52 Å². The van der Waals surface area contributed by atoms with Gasteiger partial charge in [-0.15, -0.1) is 0 Å². The molecule has 0 amide bonds. The highest BCUT2D eigenvalue weighted by Gasteiger charge is 2.11. The number of H-pyrrole nitrogens is 1. The summed E-state index contributed by atoms with van der Waals surface area (Å²) in [7, 11) is 0. The molecule has 0 atom stereocenters. The number of benzene rings is 2. The first-order valence-electron chi connectivity index (χ1n) is 6.50. The van der Waals surface area contributed by atoms with Gasteiger partial charge in [-0.05, 0) is 18.2 Å². The molecule has 21 heavy (non-hydrogen) atoms. The molecule has 4 nitrogen and oxygen atoms in total. The Morgan fingerprint density at radius 1 is 1.05 bits per heavy atom. The van der Waals surface area contributed by atoms with E-state index in [0.29, 0.717) is 16.1 Å². The van der Waals surface area contributed by atoms with Crippen LogP contribution in [0.2, 0.25) is 5.02 Å². The lowest BCUT2D eigenvalue weighted by Crippen LogP contribution is -2.09. The third kappa shape index (κ3) is 1.84. The molecule has 0 radical (unpaired) electrons. The van der Waals surface area contributed by atoms with E-state index in [-0.39, 0.29) is 5.56 Å². The Kier molecular flexibility index (Phi) is 2.59. The third-order valence-electron chi connectivity index (χ3n) is 3.48. The number of fused-ring (bicyclic) bond motifs is 3. The molecule has 102 valence electrons. The highest BCUT2D eigenvalue weighted by Crippen LogP contribution is 2.27. The van der Waals surface area contributed by atoms with Crippen molar-refractivity contribution in [3.8, 4) is 11.3 Å². The first-order valence-corrected chi connectivity index (χ1v) is 6.87. The van der Waals surface area contributed by atoms with Gasteiger partial charge in [0.05, 0.1) is 21.6 Å². The minimum absolute atomic E-state index is 0.122. The minimum atomic E-state index is -0.122. The minimum Gasteiger partial charge on any atom is -0.306 e. The number of aromatic nitrogens is 3. The van der Waals surface area contributed by atoms with Crippen LogP contribution in [0, 0.1) is 0 Å².